The number of halogens is 1. The van der Waals surface area contributed by atoms with Crippen LogP contribution < -0.4 is 0 Å². The molecule has 2 aromatic carbocycles. The molecule has 0 spiro atoms. The summed E-state index contributed by atoms with van der Waals surface area (Å²) < 4.78 is 13.4. The summed E-state index contributed by atoms with van der Waals surface area (Å²) in [7, 11) is 0. The number of rotatable bonds is 2. The van der Waals surface area contributed by atoms with Gasteiger partial charge in [0.15, 0.2) is 0 Å². The topological polar surface area (TPSA) is 20.3 Å². The molecule has 0 aromatic heterocycles. The third-order valence-corrected chi connectivity index (χ3v) is 3.46. The first-order valence-electron chi connectivity index (χ1n) is 6.27. The normalized spacial score (nSPS) is 13.8. The standard InChI is InChI=1S/C16H14FNO/c1-11-7-14(17)8-13-10-18(16(19)15(11)13)9-12-5-3-2-4-6-12/h2-8H,9-10H2,1H3. The van der Waals surface area contributed by atoms with Crippen molar-refractivity contribution in [3.63, 3.8) is 0 Å². The van der Waals surface area contributed by atoms with Gasteiger partial charge in [0, 0.05) is 18.7 Å². The molecule has 0 fully saturated rings. The summed E-state index contributed by atoms with van der Waals surface area (Å²) in [4.78, 5) is 14.1. The van der Waals surface area contributed by atoms with Crippen molar-refractivity contribution in [2.75, 3.05) is 0 Å². The second-order valence-electron chi connectivity index (χ2n) is 4.90. The molecule has 0 bridgehead atoms. The lowest BCUT2D eigenvalue weighted by atomic mass is 10.0. The van der Waals surface area contributed by atoms with Crippen molar-refractivity contribution in [2.24, 2.45) is 0 Å². The number of aryl methyl sites for hydroxylation is 1. The first-order chi connectivity index (χ1) is 9.15. The van der Waals surface area contributed by atoms with Crippen LogP contribution in [-0.4, -0.2) is 10.8 Å². The van der Waals surface area contributed by atoms with E-state index >= 15 is 0 Å². The fraction of sp³-hybridized carbons (Fsp3) is 0.188. The molecule has 1 aliphatic heterocycles. The minimum absolute atomic E-state index is 0.00338. The van der Waals surface area contributed by atoms with Gasteiger partial charge in [-0.25, -0.2) is 4.39 Å². The van der Waals surface area contributed by atoms with Crippen molar-refractivity contribution in [2.45, 2.75) is 20.0 Å². The SMILES string of the molecule is Cc1cc(F)cc2c1C(=O)N(Cc1ccccc1)C2. The van der Waals surface area contributed by atoms with Crippen LogP contribution in [0.25, 0.3) is 0 Å². The van der Waals surface area contributed by atoms with E-state index in [1.165, 1.54) is 12.1 Å². The summed E-state index contributed by atoms with van der Waals surface area (Å²) in [6.07, 6.45) is 0. The summed E-state index contributed by atoms with van der Waals surface area (Å²) >= 11 is 0. The predicted molar refractivity (Wildman–Crippen MR) is 71.2 cm³/mol. The molecule has 1 heterocycles. The highest BCUT2D eigenvalue weighted by molar-refractivity contribution is 5.99. The van der Waals surface area contributed by atoms with Gasteiger partial charge in [-0.15, -0.1) is 0 Å². The number of nitrogens with zero attached hydrogens (tertiary/aromatic N) is 1. The van der Waals surface area contributed by atoms with E-state index in [9.17, 15) is 9.18 Å². The van der Waals surface area contributed by atoms with E-state index in [4.69, 9.17) is 0 Å². The molecule has 19 heavy (non-hydrogen) atoms. The van der Waals surface area contributed by atoms with E-state index in [-0.39, 0.29) is 11.7 Å². The summed E-state index contributed by atoms with van der Waals surface area (Å²) in [6.45, 7) is 2.84. The largest absolute Gasteiger partial charge is 0.330 e. The van der Waals surface area contributed by atoms with Crippen LogP contribution in [-0.2, 0) is 13.1 Å². The molecule has 0 saturated heterocycles. The van der Waals surface area contributed by atoms with Crippen LogP contribution in [0, 0.1) is 12.7 Å². The van der Waals surface area contributed by atoms with E-state index < -0.39 is 0 Å². The van der Waals surface area contributed by atoms with Crippen LogP contribution in [0.1, 0.15) is 27.0 Å². The highest BCUT2D eigenvalue weighted by Crippen LogP contribution is 2.28. The van der Waals surface area contributed by atoms with Gasteiger partial charge in [-0.2, -0.15) is 0 Å². The highest BCUT2D eigenvalue weighted by atomic mass is 19.1. The van der Waals surface area contributed by atoms with Gasteiger partial charge in [-0.05, 0) is 35.7 Å². The Hall–Kier alpha value is -2.16. The van der Waals surface area contributed by atoms with Gasteiger partial charge in [0.25, 0.3) is 5.91 Å². The summed E-state index contributed by atoms with van der Waals surface area (Å²) in [5.74, 6) is -0.276. The third kappa shape index (κ3) is 2.12. The first-order valence-corrected chi connectivity index (χ1v) is 6.27. The summed E-state index contributed by atoms with van der Waals surface area (Å²) in [6, 6.07) is 12.7. The van der Waals surface area contributed by atoms with E-state index in [2.05, 4.69) is 0 Å². The van der Waals surface area contributed by atoms with Crippen molar-refractivity contribution in [3.8, 4) is 0 Å². The van der Waals surface area contributed by atoms with Gasteiger partial charge in [-0.1, -0.05) is 30.3 Å². The molecule has 0 radical (unpaired) electrons. The molecule has 3 rings (SSSR count). The Bertz CT molecular complexity index is 637. The minimum Gasteiger partial charge on any atom is -0.330 e. The molecule has 0 N–H and O–H groups in total. The maximum atomic E-state index is 13.4. The van der Waals surface area contributed by atoms with E-state index in [1.54, 1.807) is 11.8 Å². The van der Waals surface area contributed by atoms with Crippen molar-refractivity contribution in [1.29, 1.82) is 0 Å². The number of carbonyl (C=O) groups is 1. The molecular formula is C16H14FNO. The van der Waals surface area contributed by atoms with Gasteiger partial charge in [0.1, 0.15) is 5.82 Å². The van der Waals surface area contributed by atoms with Gasteiger partial charge in [0.05, 0.1) is 0 Å². The van der Waals surface area contributed by atoms with Crippen LogP contribution in [0.3, 0.4) is 0 Å². The number of carbonyl (C=O) groups excluding carboxylic acids is 1. The van der Waals surface area contributed by atoms with Gasteiger partial charge in [0.2, 0.25) is 0 Å². The fourth-order valence-electron chi connectivity index (χ4n) is 2.61. The van der Waals surface area contributed by atoms with Crippen LogP contribution in [0.15, 0.2) is 42.5 Å². The Morgan fingerprint density at radius 1 is 1.21 bits per heavy atom. The second kappa shape index (κ2) is 4.50. The Morgan fingerprint density at radius 3 is 2.68 bits per heavy atom. The lowest BCUT2D eigenvalue weighted by Crippen LogP contribution is -2.23. The molecule has 0 saturated carbocycles. The zero-order chi connectivity index (χ0) is 13.4. The van der Waals surface area contributed by atoms with Crippen LogP contribution in [0.2, 0.25) is 0 Å². The quantitative estimate of drug-likeness (QED) is 0.806. The number of benzene rings is 2. The lowest BCUT2D eigenvalue weighted by molar-refractivity contribution is 0.0766. The Kier molecular flexibility index (Phi) is 2.82. The Morgan fingerprint density at radius 2 is 1.95 bits per heavy atom. The Balaban J connectivity index is 1.89. The van der Waals surface area contributed by atoms with Crippen LogP contribution in [0.5, 0.6) is 0 Å². The minimum atomic E-state index is -0.273. The molecule has 3 heteroatoms. The lowest BCUT2D eigenvalue weighted by Gasteiger charge is -2.15. The molecule has 2 nitrogen and oxygen atoms in total. The predicted octanol–water partition coefficient (Wildman–Crippen LogP) is 3.29. The zero-order valence-corrected chi connectivity index (χ0v) is 10.7. The summed E-state index contributed by atoms with van der Waals surface area (Å²) in [5.41, 5.74) is 3.26. The van der Waals surface area contributed by atoms with Crippen LogP contribution >= 0.6 is 0 Å². The van der Waals surface area contributed by atoms with Crippen molar-refractivity contribution in [1.82, 2.24) is 4.90 Å². The van der Waals surface area contributed by atoms with Crippen molar-refractivity contribution >= 4 is 5.91 Å². The van der Waals surface area contributed by atoms with Crippen LogP contribution in [0.4, 0.5) is 4.39 Å². The molecule has 1 aliphatic rings. The summed E-state index contributed by atoms with van der Waals surface area (Å²) in [5, 5.41) is 0. The average Bonchev–Trinajstić information content (AvgIpc) is 2.67. The third-order valence-electron chi connectivity index (χ3n) is 3.46. The fourth-order valence-corrected chi connectivity index (χ4v) is 2.61. The first kappa shape index (κ1) is 11.9. The van der Waals surface area contributed by atoms with Gasteiger partial charge < -0.3 is 4.90 Å². The van der Waals surface area contributed by atoms with E-state index in [1.807, 2.05) is 30.3 Å². The highest BCUT2D eigenvalue weighted by Gasteiger charge is 2.29. The molecule has 96 valence electrons. The average molecular weight is 255 g/mol. The molecule has 1 amide bonds. The maximum Gasteiger partial charge on any atom is 0.255 e. The molecule has 0 aliphatic carbocycles. The van der Waals surface area contributed by atoms with E-state index in [0.29, 0.717) is 18.7 Å². The number of hydrogen-bond donors (Lipinski definition) is 0. The number of fused-ring (bicyclic) bond motifs is 1. The second-order valence-corrected chi connectivity index (χ2v) is 4.90. The molecule has 0 unspecified atom stereocenters. The molecule has 2 aromatic rings. The Labute approximate surface area is 111 Å². The molecule has 0 atom stereocenters. The smallest absolute Gasteiger partial charge is 0.255 e. The van der Waals surface area contributed by atoms with Gasteiger partial charge >= 0.3 is 0 Å². The zero-order valence-electron chi connectivity index (χ0n) is 10.7. The maximum absolute atomic E-state index is 13.4. The number of amides is 1. The van der Waals surface area contributed by atoms with Gasteiger partial charge in [-0.3, -0.25) is 4.79 Å². The monoisotopic (exact) mass is 255 g/mol. The van der Waals surface area contributed by atoms with E-state index in [0.717, 1.165) is 16.7 Å². The number of hydrogen-bond acceptors (Lipinski definition) is 1. The van der Waals surface area contributed by atoms with Crippen molar-refractivity contribution in [3.05, 3.63) is 70.5 Å². The molecular weight excluding hydrogens is 241 g/mol. The van der Waals surface area contributed by atoms with Crippen molar-refractivity contribution < 1.29 is 9.18 Å².